The molecule has 1 heterocycles. The number of carbonyl (C=O) groups excluding carboxylic acids is 2. The Morgan fingerprint density at radius 1 is 1.32 bits per heavy atom. The highest BCUT2D eigenvalue weighted by Crippen LogP contribution is 2.24. The fourth-order valence-electron chi connectivity index (χ4n) is 2.64. The van der Waals surface area contributed by atoms with Gasteiger partial charge in [-0.25, -0.2) is 4.79 Å². The Balaban J connectivity index is 1.70. The SMILES string of the molecule is COCCN(Cc1cccnc1)C(=O)Nc1ccc(Cl)c(C(=O)NC2CC2)c1. The van der Waals surface area contributed by atoms with Gasteiger partial charge in [0, 0.05) is 44.3 Å². The first-order valence-electron chi connectivity index (χ1n) is 9.11. The van der Waals surface area contributed by atoms with Gasteiger partial charge in [0.15, 0.2) is 0 Å². The molecule has 1 fully saturated rings. The van der Waals surface area contributed by atoms with E-state index in [-0.39, 0.29) is 18.0 Å². The number of urea groups is 1. The van der Waals surface area contributed by atoms with Crippen LogP contribution in [0, 0.1) is 0 Å². The van der Waals surface area contributed by atoms with Crippen LogP contribution in [0.1, 0.15) is 28.8 Å². The molecule has 1 aromatic carbocycles. The van der Waals surface area contributed by atoms with Gasteiger partial charge in [0.05, 0.1) is 17.2 Å². The number of methoxy groups -OCH3 is 1. The quantitative estimate of drug-likeness (QED) is 0.709. The summed E-state index contributed by atoms with van der Waals surface area (Å²) in [4.78, 5) is 30.8. The van der Waals surface area contributed by atoms with E-state index in [2.05, 4.69) is 15.6 Å². The van der Waals surface area contributed by atoms with E-state index in [1.807, 2.05) is 12.1 Å². The zero-order valence-electron chi connectivity index (χ0n) is 15.7. The lowest BCUT2D eigenvalue weighted by atomic mass is 10.2. The van der Waals surface area contributed by atoms with Crippen molar-refractivity contribution < 1.29 is 14.3 Å². The summed E-state index contributed by atoms with van der Waals surface area (Å²) in [6.07, 6.45) is 5.38. The van der Waals surface area contributed by atoms with Crippen LogP contribution in [-0.4, -0.2) is 48.1 Å². The Bertz CT molecular complexity index is 827. The zero-order valence-corrected chi connectivity index (χ0v) is 16.4. The minimum atomic E-state index is -0.295. The number of ether oxygens (including phenoxy) is 1. The summed E-state index contributed by atoms with van der Waals surface area (Å²) >= 11 is 6.16. The first kappa shape index (κ1) is 20.1. The molecule has 1 saturated carbocycles. The lowest BCUT2D eigenvalue weighted by Gasteiger charge is -2.23. The van der Waals surface area contributed by atoms with Crippen LogP contribution < -0.4 is 10.6 Å². The molecule has 3 amide bonds. The molecule has 1 aliphatic rings. The molecule has 0 spiro atoms. The van der Waals surface area contributed by atoms with E-state index < -0.39 is 0 Å². The molecule has 28 heavy (non-hydrogen) atoms. The third-order valence-corrected chi connectivity index (χ3v) is 4.65. The minimum absolute atomic E-state index is 0.227. The third-order valence-electron chi connectivity index (χ3n) is 4.32. The maximum Gasteiger partial charge on any atom is 0.322 e. The fourth-order valence-corrected chi connectivity index (χ4v) is 2.84. The molecular weight excluding hydrogens is 380 g/mol. The van der Waals surface area contributed by atoms with Crippen LogP contribution in [0.25, 0.3) is 0 Å². The van der Waals surface area contributed by atoms with Crippen LogP contribution in [0.3, 0.4) is 0 Å². The molecule has 1 aliphatic carbocycles. The third kappa shape index (κ3) is 5.68. The topological polar surface area (TPSA) is 83.6 Å². The summed E-state index contributed by atoms with van der Waals surface area (Å²) in [5.41, 5.74) is 1.76. The first-order valence-corrected chi connectivity index (χ1v) is 9.49. The standard InChI is InChI=1S/C20H23ClN4O3/c1-28-10-9-25(13-14-3-2-8-22-12-14)20(27)24-16-6-7-18(21)17(11-16)19(26)23-15-4-5-15/h2-3,6-8,11-12,15H,4-5,9-10,13H2,1H3,(H,23,26)(H,24,27). The van der Waals surface area contributed by atoms with Crippen molar-refractivity contribution in [1.82, 2.24) is 15.2 Å². The maximum absolute atomic E-state index is 12.8. The predicted molar refractivity (Wildman–Crippen MR) is 107 cm³/mol. The number of halogens is 1. The number of aromatic nitrogens is 1. The number of nitrogens with one attached hydrogen (secondary N) is 2. The lowest BCUT2D eigenvalue weighted by Crippen LogP contribution is -2.37. The van der Waals surface area contributed by atoms with Gasteiger partial charge < -0.3 is 20.3 Å². The van der Waals surface area contributed by atoms with Gasteiger partial charge in [-0.05, 0) is 42.7 Å². The Morgan fingerprint density at radius 2 is 2.14 bits per heavy atom. The van der Waals surface area contributed by atoms with E-state index in [0.29, 0.717) is 36.0 Å². The minimum Gasteiger partial charge on any atom is -0.383 e. The number of rotatable bonds is 8. The second-order valence-corrected chi connectivity index (χ2v) is 7.06. The van der Waals surface area contributed by atoms with Gasteiger partial charge in [-0.2, -0.15) is 0 Å². The molecular formula is C20H23ClN4O3. The van der Waals surface area contributed by atoms with Crippen molar-refractivity contribution in [3.63, 3.8) is 0 Å². The van der Waals surface area contributed by atoms with E-state index in [4.69, 9.17) is 16.3 Å². The Hall–Kier alpha value is -2.64. The van der Waals surface area contributed by atoms with Crippen molar-refractivity contribution in [2.75, 3.05) is 25.6 Å². The summed E-state index contributed by atoms with van der Waals surface area (Å²) in [6.45, 7) is 1.22. The van der Waals surface area contributed by atoms with E-state index in [9.17, 15) is 9.59 Å². The first-order chi connectivity index (χ1) is 13.6. The molecule has 3 rings (SSSR count). The molecule has 7 nitrogen and oxygen atoms in total. The van der Waals surface area contributed by atoms with E-state index in [1.165, 1.54) is 0 Å². The molecule has 0 saturated heterocycles. The molecule has 0 aliphatic heterocycles. The second-order valence-electron chi connectivity index (χ2n) is 6.65. The number of amides is 3. The second kappa shape index (κ2) is 9.52. The number of hydrogen-bond donors (Lipinski definition) is 2. The molecule has 0 radical (unpaired) electrons. The van der Waals surface area contributed by atoms with Crippen molar-refractivity contribution in [3.05, 3.63) is 58.9 Å². The summed E-state index contributed by atoms with van der Waals surface area (Å²) < 4.78 is 5.11. The van der Waals surface area contributed by atoms with Crippen LogP contribution in [0.2, 0.25) is 5.02 Å². The van der Waals surface area contributed by atoms with Gasteiger partial charge in [-0.15, -0.1) is 0 Å². The molecule has 0 unspecified atom stereocenters. The average Bonchev–Trinajstić information content (AvgIpc) is 3.51. The van der Waals surface area contributed by atoms with Crippen molar-refractivity contribution in [2.24, 2.45) is 0 Å². The molecule has 2 N–H and O–H groups in total. The number of pyridine rings is 1. The zero-order chi connectivity index (χ0) is 19.9. The smallest absolute Gasteiger partial charge is 0.322 e. The van der Waals surface area contributed by atoms with E-state index >= 15 is 0 Å². The average molecular weight is 403 g/mol. The van der Waals surface area contributed by atoms with Crippen molar-refractivity contribution in [3.8, 4) is 0 Å². The highest BCUT2D eigenvalue weighted by atomic mass is 35.5. The van der Waals surface area contributed by atoms with Gasteiger partial charge >= 0.3 is 6.03 Å². The van der Waals surface area contributed by atoms with Crippen molar-refractivity contribution in [1.29, 1.82) is 0 Å². The van der Waals surface area contributed by atoms with Crippen LogP contribution >= 0.6 is 11.6 Å². The monoisotopic (exact) mass is 402 g/mol. The van der Waals surface area contributed by atoms with Crippen LogP contribution in [0.15, 0.2) is 42.7 Å². The summed E-state index contributed by atoms with van der Waals surface area (Å²) in [5.74, 6) is -0.227. The van der Waals surface area contributed by atoms with E-state index in [1.54, 1.807) is 42.6 Å². The Kier molecular flexibility index (Phi) is 6.84. The number of benzene rings is 1. The van der Waals surface area contributed by atoms with Gasteiger partial charge in [-0.1, -0.05) is 17.7 Å². The lowest BCUT2D eigenvalue weighted by molar-refractivity contribution is 0.0951. The summed E-state index contributed by atoms with van der Waals surface area (Å²) in [5, 5.41) is 6.09. The molecule has 0 atom stereocenters. The number of nitrogens with zero attached hydrogens (tertiary/aromatic N) is 2. The fraction of sp³-hybridized carbons (Fsp3) is 0.350. The summed E-state index contributed by atoms with van der Waals surface area (Å²) in [7, 11) is 1.59. The number of hydrogen-bond acceptors (Lipinski definition) is 4. The van der Waals surface area contributed by atoms with Crippen LogP contribution in [-0.2, 0) is 11.3 Å². The van der Waals surface area contributed by atoms with Gasteiger partial charge in [0.1, 0.15) is 0 Å². The molecule has 0 bridgehead atoms. The Labute approximate surface area is 169 Å². The van der Waals surface area contributed by atoms with E-state index in [0.717, 1.165) is 18.4 Å². The van der Waals surface area contributed by atoms with Gasteiger partial charge in [-0.3, -0.25) is 9.78 Å². The highest BCUT2D eigenvalue weighted by molar-refractivity contribution is 6.34. The Morgan fingerprint density at radius 3 is 2.82 bits per heavy atom. The van der Waals surface area contributed by atoms with Crippen LogP contribution in [0.5, 0.6) is 0 Å². The largest absolute Gasteiger partial charge is 0.383 e. The molecule has 1 aromatic heterocycles. The normalized spacial score (nSPS) is 13.1. The van der Waals surface area contributed by atoms with Crippen molar-refractivity contribution >= 4 is 29.2 Å². The van der Waals surface area contributed by atoms with Gasteiger partial charge in [0.2, 0.25) is 0 Å². The highest BCUT2D eigenvalue weighted by Gasteiger charge is 2.25. The molecule has 148 valence electrons. The molecule has 2 aromatic rings. The number of anilines is 1. The molecule has 8 heteroatoms. The maximum atomic E-state index is 12.8. The van der Waals surface area contributed by atoms with Crippen LogP contribution in [0.4, 0.5) is 10.5 Å². The number of carbonyl (C=O) groups is 2. The predicted octanol–water partition coefficient (Wildman–Crippen LogP) is 3.31. The van der Waals surface area contributed by atoms with Gasteiger partial charge in [0.25, 0.3) is 5.91 Å². The van der Waals surface area contributed by atoms with Crippen molar-refractivity contribution in [2.45, 2.75) is 25.4 Å². The summed E-state index contributed by atoms with van der Waals surface area (Å²) in [6, 6.07) is 8.54.